The Balaban J connectivity index is 2.07. The standard InChI is InChI=1S/C13H21N3O3/c1-19-13-6-9(2-3-10(13)14)16-7-11(12(18)8-16)15-4-5-17/h2-3,6,11-12,15,17-18H,4-5,7-8,14H2,1H3. The molecule has 2 atom stereocenters. The van der Waals surface area contributed by atoms with Crippen molar-refractivity contribution in [2.75, 3.05) is 44.0 Å². The Morgan fingerprint density at radius 2 is 2.26 bits per heavy atom. The third kappa shape index (κ3) is 3.09. The minimum absolute atomic E-state index is 0.0318. The number of nitrogen functional groups attached to an aromatic ring is 1. The second-order valence-corrected chi connectivity index (χ2v) is 4.68. The van der Waals surface area contributed by atoms with Gasteiger partial charge in [-0.05, 0) is 12.1 Å². The Morgan fingerprint density at radius 1 is 1.47 bits per heavy atom. The molecule has 0 amide bonds. The Kier molecular flexibility index (Phi) is 4.47. The quantitative estimate of drug-likeness (QED) is 0.533. The number of rotatable bonds is 5. The molecule has 0 aliphatic carbocycles. The van der Waals surface area contributed by atoms with Gasteiger partial charge in [-0.3, -0.25) is 0 Å². The lowest BCUT2D eigenvalue weighted by Crippen LogP contribution is -2.40. The summed E-state index contributed by atoms with van der Waals surface area (Å²) in [5, 5.41) is 21.9. The Morgan fingerprint density at radius 3 is 2.95 bits per heavy atom. The van der Waals surface area contributed by atoms with Gasteiger partial charge in [-0.15, -0.1) is 0 Å². The van der Waals surface area contributed by atoms with Crippen LogP contribution in [0.25, 0.3) is 0 Å². The van der Waals surface area contributed by atoms with Crippen LogP contribution >= 0.6 is 0 Å². The van der Waals surface area contributed by atoms with E-state index in [1.807, 2.05) is 12.1 Å². The second-order valence-electron chi connectivity index (χ2n) is 4.68. The molecule has 106 valence electrons. The number of nitrogens with zero attached hydrogens (tertiary/aromatic N) is 1. The van der Waals surface area contributed by atoms with Gasteiger partial charge in [0, 0.05) is 31.4 Å². The van der Waals surface area contributed by atoms with Crippen LogP contribution in [0.2, 0.25) is 0 Å². The molecule has 0 radical (unpaired) electrons. The highest BCUT2D eigenvalue weighted by molar-refractivity contribution is 5.62. The fourth-order valence-corrected chi connectivity index (χ4v) is 2.34. The van der Waals surface area contributed by atoms with E-state index in [-0.39, 0.29) is 12.6 Å². The maximum atomic E-state index is 9.99. The van der Waals surface area contributed by atoms with Crippen LogP contribution < -0.4 is 20.7 Å². The van der Waals surface area contributed by atoms with Crippen molar-refractivity contribution in [1.82, 2.24) is 5.32 Å². The van der Waals surface area contributed by atoms with E-state index in [2.05, 4.69) is 10.2 Å². The summed E-state index contributed by atoms with van der Waals surface area (Å²) >= 11 is 0. The summed E-state index contributed by atoms with van der Waals surface area (Å²) in [7, 11) is 1.58. The van der Waals surface area contributed by atoms with Crippen molar-refractivity contribution in [3.8, 4) is 5.75 Å². The lowest BCUT2D eigenvalue weighted by Gasteiger charge is -2.19. The van der Waals surface area contributed by atoms with Gasteiger partial charge in [-0.2, -0.15) is 0 Å². The highest BCUT2D eigenvalue weighted by atomic mass is 16.5. The van der Waals surface area contributed by atoms with E-state index in [1.165, 1.54) is 0 Å². The predicted molar refractivity (Wildman–Crippen MR) is 74.5 cm³/mol. The minimum Gasteiger partial charge on any atom is -0.495 e. The lowest BCUT2D eigenvalue weighted by molar-refractivity contribution is 0.159. The lowest BCUT2D eigenvalue weighted by atomic mass is 10.2. The van der Waals surface area contributed by atoms with Crippen molar-refractivity contribution < 1.29 is 14.9 Å². The summed E-state index contributed by atoms with van der Waals surface area (Å²) in [4.78, 5) is 2.07. The molecule has 1 aliphatic rings. The van der Waals surface area contributed by atoms with Gasteiger partial charge in [0.25, 0.3) is 0 Å². The van der Waals surface area contributed by atoms with Crippen LogP contribution in [0.1, 0.15) is 0 Å². The number of aliphatic hydroxyl groups is 2. The molecule has 5 N–H and O–H groups in total. The van der Waals surface area contributed by atoms with Crippen LogP contribution in [0.15, 0.2) is 18.2 Å². The third-order valence-corrected chi connectivity index (χ3v) is 3.39. The summed E-state index contributed by atoms with van der Waals surface area (Å²) in [6, 6.07) is 5.56. The zero-order chi connectivity index (χ0) is 13.8. The van der Waals surface area contributed by atoms with Gasteiger partial charge in [-0.1, -0.05) is 0 Å². The average molecular weight is 267 g/mol. The van der Waals surface area contributed by atoms with E-state index in [1.54, 1.807) is 13.2 Å². The number of methoxy groups -OCH3 is 1. The minimum atomic E-state index is -0.449. The van der Waals surface area contributed by atoms with Crippen molar-refractivity contribution in [2.45, 2.75) is 12.1 Å². The first kappa shape index (κ1) is 13.9. The Bertz CT molecular complexity index is 428. The second kappa shape index (κ2) is 6.10. The van der Waals surface area contributed by atoms with E-state index < -0.39 is 6.10 Å². The smallest absolute Gasteiger partial charge is 0.143 e. The number of aliphatic hydroxyl groups excluding tert-OH is 2. The van der Waals surface area contributed by atoms with E-state index in [9.17, 15) is 5.11 Å². The first-order valence-corrected chi connectivity index (χ1v) is 6.36. The molecule has 1 aliphatic heterocycles. The molecule has 0 saturated carbocycles. The van der Waals surface area contributed by atoms with Crippen LogP contribution in [0.4, 0.5) is 11.4 Å². The topological polar surface area (TPSA) is 91.0 Å². The fourth-order valence-electron chi connectivity index (χ4n) is 2.34. The van der Waals surface area contributed by atoms with Crippen LogP contribution in [0.5, 0.6) is 5.75 Å². The molecule has 1 saturated heterocycles. The maximum absolute atomic E-state index is 9.99. The molecule has 0 spiro atoms. The number of hydrogen-bond donors (Lipinski definition) is 4. The largest absolute Gasteiger partial charge is 0.495 e. The van der Waals surface area contributed by atoms with Crippen LogP contribution in [0.3, 0.4) is 0 Å². The molecule has 1 fully saturated rings. The molecule has 19 heavy (non-hydrogen) atoms. The van der Waals surface area contributed by atoms with E-state index >= 15 is 0 Å². The number of hydrogen-bond acceptors (Lipinski definition) is 6. The normalized spacial score (nSPS) is 22.8. The molecule has 1 aromatic carbocycles. The monoisotopic (exact) mass is 267 g/mol. The number of anilines is 2. The molecule has 1 aromatic rings. The molecule has 0 aromatic heterocycles. The molecule has 2 rings (SSSR count). The van der Waals surface area contributed by atoms with Crippen molar-refractivity contribution in [3.63, 3.8) is 0 Å². The van der Waals surface area contributed by atoms with Crippen LogP contribution in [0, 0.1) is 0 Å². The van der Waals surface area contributed by atoms with Crippen LogP contribution in [-0.2, 0) is 0 Å². The van der Waals surface area contributed by atoms with Crippen molar-refractivity contribution in [3.05, 3.63) is 18.2 Å². The first-order chi connectivity index (χ1) is 9.15. The van der Waals surface area contributed by atoms with E-state index in [0.717, 1.165) is 5.69 Å². The third-order valence-electron chi connectivity index (χ3n) is 3.39. The first-order valence-electron chi connectivity index (χ1n) is 6.36. The summed E-state index contributed by atoms with van der Waals surface area (Å²) in [5.41, 5.74) is 7.35. The van der Waals surface area contributed by atoms with E-state index in [4.69, 9.17) is 15.6 Å². The van der Waals surface area contributed by atoms with Gasteiger partial charge in [0.15, 0.2) is 0 Å². The highest BCUT2D eigenvalue weighted by Gasteiger charge is 2.31. The molecule has 6 nitrogen and oxygen atoms in total. The maximum Gasteiger partial charge on any atom is 0.143 e. The molecular weight excluding hydrogens is 246 g/mol. The van der Waals surface area contributed by atoms with Gasteiger partial charge < -0.3 is 30.9 Å². The van der Waals surface area contributed by atoms with Gasteiger partial charge in [0.05, 0.1) is 31.5 Å². The predicted octanol–water partition coefficient (Wildman–Crippen LogP) is -0.591. The molecular formula is C13H21N3O3. The van der Waals surface area contributed by atoms with Gasteiger partial charge in [-0.25, -0.2) is 0 Å². The van der Waals surface area contributed by atoms with Crippen LogP contribution in [-0.4, -0.2) is 55.7 Å². The van der Waals surface area contributed by atoms with Crippen molar-refractivity contribution >= 4 is 11.4 Å². The molecule has 6 heteroatoms. The highest BCUT2D eigenvalue weighted by Crippen LogP contribution is 2.29. The number of nitrogens with two attached hydrogens (primary N) is 1. The number of ether oxygens (including phenoxy) is 1. The zero-order valence-corrected chi connectivity index (χ0v) is 11.0. The summed E-state index contributed by atoms with van der Waals surface area (Å²) < 4.78 is 5.20. The fraction of sp³-hybridized carbons (Fsp3) is 0.538. The van der Waals surface area contributed by atoms with Crippen molar-refractivity contribution in [1.29, 1.82) is 0 Å². The van der Waals surface area contributed by atoms with Gasteiger partial charge in [0.2, 0.25) is 0 Å². The zero-order valence-electron chi connectivity index (χ0n) is 11.0. The molecule has 0 bridgehead atoms. The number of nitrogens with one attached hydrogen (secondary N) is 1. The number of benzene rings is 1. The van der Waals surface area contributed by atoms with Gasteiger partial charge >= 0.3 is 0 Å². The summed E-state index contributed by atoms with van der Waals surface area (Å²) in [6.45, 7) is 1.80. The van der Waals surface area contributed by atoms with Crippen molar-refractivity contribution in [2.24, 2.45) is 0 Å². The SMILES string of the molecule is COc1cc(N2CC(O)C(NCCO)C2)ccc1N. The Labute approximate surface area is 112 Å². The average Bonchev–Trinajstić information content (AvgIpc) is 2.78. The van der Waals surface area contributed by atoms with E-state index in [0.29, 0.717) is 31.1 Å². The summed E-state index contributed by atoms with van der Waals surface area (Å²) in [5.74, 6) is 0.638. The molecule has 2 unspecified atom stereocenters. The van der Waals surface area contributed by atoms with Gasteiger partial charge in [0.1, 0.15) is 5.75 Å². The summed E-state index contributed by atoms with van der Waals surface area (Å²) in [6.07, 6.45) is -0.449. The number of β-amino-alcohol motifs (C(OH)–C–C–N with tert-alkyl or cyclic N) is 1. The molecule has 1 heterocycles. The Hall–Kier alpha value is -1.50.